The first-order chi connectivity index (χ1) is 14.5. The van der Waals surface area contributed by atoms with E-state index < -0.39 is 10.0 Å². The van der Waals surface area contributed by atoms with Gasteiger partial charge in [-0.15, -0.1) is 0 Å². The number of guanidine groups is 1. The average molecular weight is 431 g/mol. The topological polar surface area (TPSA) is 82.8 Å². The molecule has 30 heavy (non-hydrogen) atoms. The first-order valence-electron chi connectivity index (χ1n) is 10.5. The normalized spacial score (nSPS) is 22.3. The van der Waals surface area contributed by atoms with Crippen molar-refractivity contribution in [2.75, 3.05) is 43.3 Å². The number of piperidine rings is 1. The second kappa shape index (κ2) is 8.67. The second-order valence-corrected chi connectivity index (χ2v) is 10.0. The summed E-state index contributed by atoms with van der Waals surface area (Å²) in [6, 6.07) is 8.05. The summed E-state index contributed by atoms with van der Waals surface area (Å²) in [4.78, 5) is 10.8. The van der Waals surface area contributed by atoms with Gasteiger partial charge in [0.15, 0.2) is 5.96 Å². The molecule has 0 radical (unpaired) electrons. The predicted octanol–water partition coefficient (Wildman–Crippen LogP) is 1.73. The number of hydrogen-bond acceptors (Lipinski definition) is 4. The van der Waals surface area contributed by atoms with Crippen LogP contribution >= 0.6 is 0 Å². The third-order valence-electron chi connectivity index (χ3n) is 6.16. The highest BCUT2D eigenvalue weighted by atomic mass is 32.2. The van der Waals surface area contributed by atoms with Gasteiger partial charge in [-0.2, -0.15) is 0 Å². The van der Waals surface area contributed by atoms with Crippen LogP contribution in [0.25, 0.3) is 0 Å². The Morgan fingerprint density at radius 2 is 2.13 bits per heavy atom. The fourth-order valence-corrected chi connectivity index (χ4v) is 5.85. The molecule has 0 spiro atoms. The molecule has 3 heterocycles. The van der Waals surface area contributed by atoms with E-state index in [1.165, 1.54) is 0 Å². The predicted molar refractivity (Wildman–Crippen MR) is 119 cm³/mol. The van der Waals surface area contributed by atoms with Crippen LogP contribution in [0.1, 0.15) is 24.9 Å². The van der Waals surface area contributed by atoms with E-state index in [-0.39, 0.29) is 5.75 Å². The van der Waals surface area contributed by atoms with E-state index in [1.807, 2.05) is 36.8 Å². The van der Waals surface area contributed by atoms with Crippen LogP contribution in [0, 0.1) is 5.92 Å². The summed E-state index contributed by atoms with van der Waals surface area (Å²) in [6.07, 6.45) is 7.49. The van der Waals surface area contributed by atoms with Gasteiger partial charge >= 0.3 is 0 Å². The summed E-state index contributed by atoms with van der Waals surface area (Å²) in [5.74, 6) is 1.34. The minimum atomic E-state index is -3.38. The second-order valence-electron chi connectivity index (χ2n) is 8.03. The molecule has 0 bridgehead atoms. The van der Waals surface area contributed by atoms with Gasteiger partial charge in [-0.25, -0.2) is 13.4 Å². The Labute approximate surface area is 178 Å². The molecule has 8 nitrogen and oxygen atoms in total. The van der Waals surface area contributed by atoms with Gasteiger partial charge in [0.25, 0.3) is 0 Å². The van der Waals surface area contributed by atoms with Gasteiger partial charge in [-0.1, -0.05) is 25.1 Å². The number of imidazole rings is 1. The van der Waals surface area contributed by atoms with Crippen molar-refractivity contribution in [2.45, 2.75) is 25.8 Å². The smallest absolute Gasteiger partial charge is 0.236 e. The van der Waals surface area contributed by atoms with Crippen LogP contribution in [0.3, 0.4) is 0 Å². The Kier molecular flexibility index (Phi) is 5.99. The molecule has 2 atom stereocenters. The number of sulfonamides is 1. The highest BCUT2D eigenvalue weighted by Crippen LogP contribution is 2.30. The number of likely N-dealkylation sites (tertiary alicyclic amines) is 1. The lowest BCUT2D eigenvalue weighted by Gasteiger charge is -2.39. The largest absolute Gasteiger partial charge is 0.355 e. The number of hydrogen-bond donors (Lipinski definition) is 1. The summed E-state index contributed by atoms with van der Waals surface area (Å²) in [5, 5.41) is 3.27. The molecule has 0 saturated carbocycles. The number of nitrogens with one attached hydrogen (secondary N) is 1. The van der Waals surface area contributed by atoms with Crippen LogP contribution in [0.4, 0.5) is 5.69 Å². The quantitative estimate of drug-likeness (QED) is 0.577. The number of benzene rings is 1. The molecule has 0 amide bonds. The van der Waals surface area contributed by atoms with Crippen LogP contribution in [0.15, 0.2) is 48.0 Å². The van der Waals surface area contributed by atoms with E-state index in [9.17, 15) is 8.42 Å². The highest BCUT2D eigenvalue weighted by molar-refractivity contribution is 7.92. The zero-order valence-electron chi connectivity index (χ0n) is 17.6. The third kappa shape index (κ3) is 4.16. The van der Waals surface area contributed by atoms with Gasteiger partial charge in [0, 0.05) is 45.6 Å². The Hall–Kier alpha value is -2.55. The van der Waals surface area contributed by atoms with Crippen molar-refractivity contribution in [3.63, 3.8) is 0 Å². The lowest BCUT2D eigenvalue weighted by atomic mass is 9.93. The third-order valence-corrected chi connectivity index (χ3v) is 7.93. The first kappa shape index (κ1) is 20.7. The molecule has 9 heteroatoms. The molecule has 0 aliphatic carbocycles. The number of fused-ring (bicyclic) bond motifs is 1. The van der Waals surface area contributed by atoms with Crippen molar-refractivity contribution in [1.29, 1.82) is 0 Å². The molecule has 1 fully saturated rings. The molecule has 1 aromatic carbocycles. The van der Waals surface area contributed by atoms with E-state index in [2.05, 4.69) is 31.7 Å². The summed E-state index contributed by atoms with van der Waals surface area (Å²) < 4.78 is 29.5. The number of rotatable bonds is 5. The summed E-state index contributed by atoms with van der Waals surface area (Å²) in [5.41, 5.74) is 1.91. The SMILES string of the molecule is CN=C(NCCS(=O)(=O)N1CCc2ccccc21)N1CCC(C)C(n2ccnc2)C1. The van der Waals surface area contributed by atoms with Crippen LogP contribution in [0.2, 0.25) is 0 Å². The lowest BCUT2D eigenvalue weighted by Crippen LogP contribution is -2.50. The van der Waals surface area contributed by atoms with Gasteiger partial charge in [-0.05, 0) is 30.4 Å². The number of aliphatic imine (C=N–C) groups is 1. The summed E-state index contributed by atoms with van der Waals surface area (Å²) >= 11 is 0. The van der Waals surface area contributed by atoms with Crippen molar-refractivity contribution in [2.24, 2.45) is 10.9 Å². The number of anilines is 1. The number of aromatic nitrogens is 2. The van der Waals surface area contributed by atoms with E-state index in [0.717, 1.165) is 43.1 Å². The molecule has 162 valence electrons. The number of nitrogens with zero attached hydrogens (tertiary/aromatic N) is 5. The minimum absolute atomic E-state index is 0.0372. The van der Waals surface area contributed by atoms with Crippen molar-refractivity contribution in [3.8, 4) is 0 Å². The Bertz CT molecular complexity index is 989. The maximum absolute atomic E-state index is 12.9. The standard InChI is InChI=1S/C21H30N6O2S/c1-17-7-11-25(15-20(17)26-13-9-23-16-26)21(22-2)24-10-14-30(28,29)27-12-8-18-5-3-4-6-19(18)27/h3-6,9,13,16-17,20H,7-8,10-12,14-15H2,1-2H3,(H,22,24). The van der Waals surface area contributed by atoms with Crippen LogP contribution in [-0.2, 0) is 16.4 Å². The molecular weight excluding hydrogens is 400 g/mol. The van der Waals surface area contributed by atoms with Crippen LogP contribution < -0.4 is 9.62 Å². The minimum Gasteiger partial charge on any atom is -0.355 e. The molecule has 2 aliphatic heterocycles. The number of para-hydroxylation sites is 1. The lowest BCUT2D eigenvalue weighted by molar-refractivity contribution is 0.189. The van der Waals surface area contributed by atoms with Crippen LogP contribution in [-0.4, -0.2) is 67.8 Å². The first-order valence-corrected chi connectivity index (χ1v) is 12.1. The van der Waals surface area contributed by atoms with Crippen molar-refractivity contribution < 1.29 is 8.42 Å². The van der Waals surface area contributed by atoms with E-state index in [1.54, 1.807) is 17.5 Å². The molecular formula is C21H30N6O2S. The molecule has 1 aromatic heterocycles. The van der Waals surface area contributed by atoms with Crippen molar-refractivity contribution >= 4 is 21.7 Å². The van der Waals surface area contributed by atoms with E-state index >= 15 is 0 Å². The molecule has 2 aliphatic rings. The van der Waals surface area contributed by atoms with Gasteiger partial charge in [0.05, 0.1) is 23.8 Å². The van der Waals surface area contributed by atoms with Gasteiger partial charge in [0.2, 0.25) is 10.0 Å². The average Bonchev–Trinajstić information content (AvgIpc) is 3.42. The fourth-order valence-electron chi connectivity index (χ4n) is 4.43. The maximum atomic E-state index is 12.9. The van der Waals surface area contributed by atoms with Crippen molar-refractivity contribution in [3.05, 3.63) is 48.5 Å². The molecule has 1 N–H and O–H groups in total. The van der Waals surface area contributed by atoms with E-state index in [0.29, 0.717) is 25.0 Å². The van der Waals surface area contributed by atoms with E-state index in [4.69, 9.17) is 0 Å². The zero-order chi connectivity index (χ0) is 21.1. The van der Waals surface area contributed by atoms with Crippen LogP contribution in [0.5, 0.6) is 0 Å². The maximum Gasteiger partial charge on any atom is 0.236 e. The molecule has 4 rings (SSSR count). The summed E-state index contributed by atoms with van der Waals surface area (Å²) in [6.45, 7) is 4.84. The van der Waals surface area contributed by atoms with Gasteiger partial charge in [0.1, 0.15) is 0 Å². The zero-order valence-corrected chi connectivity index (χ0v) is 18.4. The summed E-state index contributed by atoms with van der Waals surface area (Å²) in [7, 11) is -1.63. The Morgan fingerprint density at radius 3 is 2.90 bits per heavy atom. The highest BCUT2D eigenvalue weighted by Gasteiger charge is 2.30. The Morgan fingerprint density at radius 1 is 1.30 bits per heavy atom. The molecule has 2 unspecified atom stereocenters. The fraction of sp³-hybridized carbons (Fsp3) is 0.524. The molecule has 1 saturated heterocycles. The monoisotopic (exact) mass is 430 g/mol. The Balaban J connectivity index is 1.36. The molecule has 2 aromatic rings. The van der Waals surface area contributed by atoms with Gasteiger partial charge < -0.3 is 14.8 Å². The van der Waals surface area contributed by atoms with Gasteiger partial charge in [-0.3, -0.25) is 9.30 Å². The van der Waals surface area contributed by atoms with Crippen molar-refractivity contribution in [1.82, 2.24) is 19.8 Å².